The Morgan fingerprint density at radius 2 is 2.13 bits per heavy atom. The molecule has 1 saturated carbocycles. The van der Waals surface area contributed by atoms with E-state index in [4.69, 9.17) is 10.4 Å². The molecule has 0 spiro atoms. The fourth-order valence-corrected chi connectivity index (χ4v) is 2.85. The average Bonchev–Trinajstić information content (AvgIpc) is 3.34. The molecule has 1 aromatic carbocycles. The third-order valence-corrected chi connectivity index (χ3v) is 4.05. The van der Waals surface area contributed by atoms with Gasteiger partial charge in [-0.15, -0.1) is 5.10 Å². The van der Waals surface area contributed by atoms with E-state index in [9.17, 15) is 4.79 Å². The molecule has 6 nitrogen and oxygen atoms in total. The van der Waals surface area contributed by atoms with Crippen LogP contribution in [0, 0.1) is 11.3 Å². The van der Waals surface area contributed by atoms with Crippen LogP contribution in [0.1, 0.15) is 34.9 Å². The fourth-order valence-electron chi connectivity index (χ4n) is 2.85. The summed E-state index contributed by atoms with van der Waals surface area (Å²) >= 11 is 0. The van der Waals surface area contributed by atoms with Crippen LogP contribution in [0.4, 0.5) is 0 Å². The van der Waals surface area contributed by atoms with Crippen LogP contribution in [0.15, 0.2) is 36.5 Å². The van der Waals surface area contributed by atoms with Crippen molar-refractivity contribution in [2.45, 2.75) is 18.9 Å². The highest BCUT2D eigenvalue weighted by Gasteiger charge is 2.28. The number of nitrogens with zero attached hydrogens (tertiary/aromatic N) is 4. The Kier molecular flexibility index (Phi) is 2.88. The molecule has 0 aliphatic heterocycles. The minimum atomic E-state index is -1.10. The molecule has 2 heterocycles. The van der Waals surface area contributed by atoms with Gasteiger partial charge in [0.05, 0.1) is 29.0 Å². The molecular weight excluding hydrogens is 292 g/mol. The first-order valence-electron chi connectivity index (χ1n) is 7.29. The summed E-state index contributed by atoms with van der Waals surface area (Å²) in [6.45, 7) is 0. The Labute approximate surface area is 131 Å². The minimum Gasteiger partial charge on any atom is -0.476 e. The Bertz CT molecular complexity index is 980. The van der Waals surface area contributed by atoms with Gasteiger partial charge in [-0.3, -0.25) is 0 Å². The second-order valence-electron chi connectivity index (χ2n) is 5.65. The molecule has 23 heavy (non-hydrogen) atoms. The smallest absolute Gasteiger partial charge is 0.356 e. The lowest BCUT2D eigenvalue weighted by atomic mass is 10.1. The quantitative estimate of drug-likeness (QED) is 0.803. The van der Waals surface area contributed by atoms with E-state index in [1.165, 1.54) is 6.07 Å². The largest absolute Gasteiger partial charge is 0.476 e. The first-order chi connectivity index (χ1) is 11.2. The number of fused-ring (bicyclic) bond motifs is 1. The lowest BCUT2D eigenvalue weighted by molar-refractivity contribution is 0.0689. The molecule has 0 amide bonds. The molecule has 0 bridgehead atoms. The van der Waals surface area contributed by atoms with E-state index in [1.54, 1.807) is 12.3 Å². The van der Waals surface area contributed by atoms with Crippen LogP contribution in [0.5, 0.6) is 0 Å². The highest BCUT2D eigenvalue weighted by atomic mass is 16.4. The summed E-state index contributed by atoms with van der Waals surface area (Å²) in [6.07, 6.45) is 3.74. The molecule has 1 fully saturated rings. The Hall–Kier alpha value is -3.20. The van der Waals surface area contributed by atoms with Crippen molar-refractivity contribution < 1.29 is 9.90 Å². The molecule has 0 unspecified atom stereocenters. The standard InChI is InChI=1S/C17H12N4O2/c18-8-10-1-2-11-7-16(21(13-3-4-13)15(11)5-10)12-6-14(17(22)23)20-19-9-12/h1-2,5-7,9,13H,3-4H2,(H,22,23). The number of carboxylic acids is 1. The summed E-state index contributed by atoms with van der Waals surface area (Å²) in [5, 5.41) is 26.7. The van der Waals surface area contributed by atoms with Gasteiger partial charge >= 0.3 is 5.97 Å². The van der Waals surface area contributed by atoms with Crippen molar-refractivity contribution in [1.29, 1.82) is 5.26 Å². The molecule has 1 aliphatic carbocycles. The Balaban J connectivity index is 1.96. The minimum absolute atomic E-state index is 0.0761. The molecule has 0 saturated heterocycles. The third kappa shape index (κ3) is 2.23. The lowest BCUT2D eigenvalue weighted by Gasteiger charge is -2.09. The lowest BCUT2D eigenvalue weighted by Crippen LogP contribution is -2.03. The molecule has 2 aromatic heterocycles. The number of carboxylic acid groups (broad SMARTS) is 1. The van der Waals surface area contributed by atoms with E-state index in [0.29, 0.717) is 11.6 Å². The van der Waals surface area contributed by atoms with Crippen molar-refractivity contribution in [3.63, 3.8) is 0 Å². The van der Waals surface area contributed by atoms with Gasteiger partial charge in [0.15, 0.2) is 5.69 Å². The molecule has 0 radical (unpaired) electrons. The van der Waals surface area contributed by atoms with E-state index in [1.807, 2.05) is 18.2 Å². The van der Waals surface area contributed by atoms with Crippen LogP contribution < -0.4 is 0 Å². The number of rotatable bonds is 3. The Morgan fingerprint density at radius 1 is 1.30 bits per heavy atom. The Morgan fingerprint density at radius 3 is 2.83 bits per heavy atom. The van der Waals surface area contributed by atoms with Gasteiger partial charge in [0.25, 0.3) is 0 Å². The first kappa shape index (κ1) is 13.5. The van der Waals surface area contributed by atoms with Gasteiger partial charge in [0.1, 0.15) is 0 Å². The highest BCUT2D eigenvalue weighted by molar-refractivity contribution is 5.90. The maximum atomic E-state index is 11.1. The van der Waals surface area contributed by atoms with Crippen molar-refractivity contribution in [3.05, 3.63) is 47.8 Å². The van der Waals surface area contributed by atoms with Gasteiger partial charge in [0.2, 0.25) is 0 Å². The van der Waals surface area contributed by atoms with E-state index in [2.05, 4.69) is 20.8 Å². The molecule has 112 valence electrons. The van der Waals surface area contributed by atoms with Crippen molar-refractivity contribution in [3.8, 4) is 17.3 Å². The number of aromatic nitrogens is 3. The topological polar surface area (TPSA) is 91.8 Å². The normalized spacial score (nSPS) is 13.9. The van der Waals surface area contributed by atoms with E-state index in [0.717, 1.165) is 35.0 Å². The zero-order valence-electron chi connectivity index (χ0n) is 12.1. The van der Waals surface area contributed by atoms with Gasteiger partial charge in [-0.2, -0.15) is 10.4 Å². The second-order valence-corrected chi connectivity index (χ2v) is 5.65. The summed E-state index contributed by atoms with van der Waals surface area (Å²) in [5.41, 5.74) is 3.17. The number of carbonyl (C=O) groups is 1. The van der Waals surface area contributed by atoms with Crippen LogP contribution in [-0.2, 0) is 0 Å². The average molecular weight is 304 g/mol. The molecule has 4 rings (SSSR count). The van der Waals surface area contributed by atoms with Gasteiger partial charge in [-0.1, -0.05) is 6.07 Å². The van der Waals surface area contributed by atoms with E-state index >= 15 is 0 Å². The third-order valence-electron chi connectivity index (χ3n) is 4.05. The number of nitriles is 1. The molecule has 0 atom stereocenters. The van der Waals surface area contributed by atoms with Crippen LogP contribution in [0.25, 0.3) is 22.2 Å². The summed E-state index contributed by atoms with van der Waals surface area (Å²) in [4.78, 5) is 11.1. The summed E-state index contributed by atoms with van der Waals surface area (Å²) in [7, 11) is 0. The molecule has 3 aromatic rings. The highest BCUT2D eigenvalue weighted by Crippen LogP contribution is 2.42. The van der Waals surface area contributed by atoms with Crippen LogP contribution in [0.2, 0.25) is 0 Å². The zero-order chi connectivity index (χ0) is 16.0. The second kappa shape index (κ2) is 4.92. The van der Waals surface area contributed by atoms with Crippen molar-refractivity contribution in [2.75, 3.05) is 0 Å². The SMILES string of the molecule is N#Cc1ccc2cc(-c3cnnc(C(=O)O)c3)n(C3CC3)c2c1. The van der Waals surface area contributed by atoms with Crippen LogP contribution in [-0.4, -0.2) is 25.8 Å². The van der Waals surface area contributed by atoms with E-state index in [-0.39, 0.29) is 5.69 Å². The predicted molar refractivity (Wildman–Crippen MR) is 82.9 cm³/mol. The van der Waals surface area contributed by atoms with E-state index < -0.39 is 5.97 Å². The summed E-state index contributed by atoms with van der Waals surface area (Å²) in [5.74, 6) is -1.10. The molecule has 1 aliphatic rings. The maximum absolute atomic E-state index is 11.1. The van der Waals surface area contributed by atoms with Crippen LogP contribution >= 0.6 is 0 Å². The van der Waals surface area contributed by atoms with Gasteiger partial charge in [-0.05, 0) is 37.1 Å². The number of hydrogen-bond acceptors (Lipinski definition) is 4. The molecule has 6 heteroatoms. The van der Waals surface area contributed by atoms with Crippen molar-refractivity contribution in [1.82, 2.24) is 14.8 Å². The number of benzene rings is 1. The molecular formula is C17H12N4O2. The molecule has 1 N–H and O–H groups in total. The van der Waals surface area contributed by atoms with Gasteiger partial charge in [-0.25, -0.2) is 4.79 Å². The maximum Gasteiger partial charge on any atom is 0.356 e. The first-order valence-corrected chi connectivity index (χ1v) is 7.29. The van der Waals surface area contributed by atoms with Gasteiger partial charge in [0, 0.05) is 17.0 Å². The number of hydrogen-bond donors (Lipinski definition) is 1. The van der Waals surface area contributed by atoms with Gasteiger partial charge < -0.3 is 9.67 Å². The monoisotopic (exact) mass is 304 g/mol. The predicted octanol–water partition coefficient (Wildman–Crippen LogP) is 3.00. The van der Waals surface area contributed by atoms with Crippen LogP contribution in [0.3, 0.4) is 0 Å². The number of aromatic carboxylic acids is 1. The summed E-state index contributed by atoms with van der Waals surface area (Å²) in [6, 6.07) is 11.7. The summed E-state index contributed by atoms with van der Waals surface area (Å²) < 4.78 is 2.18. The van der Waals surface area contributed by atoms with Crippen molar-refractivity contribution >= 4 is 16.9 Å². The van der Waals surface area contributed by atoms with Crippen molar-refractivity contribution in [2.24, 2.45) is 0 Å². The fraction of sp³-hybridized carbons (Fsp3) is 0.176. The zero-order valence-corrected chi connectivity index (χ0v) is 12.1.